The maximum atomic E-state index is 10.4. The van der Waals surface area contributed by atoms with Gasteiger partial charge in [-0.2, -0.15) is 5.26 Å². The number of ether oxygens (including phenoxy) is 2. The number of aliphatic hydroxyl groups is 1. The van der Waals surface area contributed by atoms with Crippen LogP contribution >= 0.6 is 0 Å². The summed E-state index contributed by atoms with van der Waals surface area (Å²) in [5, 5.41) is 19.7. The fourth-order valence-electron chi connectivity index (χ4n) is 4.83. The van der Waals surface area contributed by atoms with Gasteiger partial charge >= 0.3 is 0 Å². The van der Waals surface area contributed by atoms with E-state index in [0.29, 0.717) is 31.1 Å². The van der Waals surface area contributed by atoms with Crippen LogP contribution in [0.4, 0.5) is 0 Å². The van der Waals surface area contributed by atoms with Gasteiger partial charge in [-0.05, 0) is 24.2 Å². The van der Waals surface area contributed by atoms with E-state index in [2.05, 4.69) is 26.8 Å². The minimum Gasteiger partial charge on any atom is -0.511 e. The molecule has 2 fully saturated rings. The summed E-state index contributed by atoms with van der Waals surface area (Å²) in [5.41, 5.74) is 0.130. The highest BCUT2D eigenvalue weighted by molar-refractivity contribution is 5.34. The Morgan fingerprint density at radius 1 is 1.25 bits per heavy atom. The Hall–Kier alpha value is -1.05. The minimum absolute atomic E-state index is 0.0522. The van der Waals surface area contributed by atoms with Crippen molar-refractivity contribution >= 4 is 0 Å². The van der Waals surface area contributed by atoms with Crippen molar-refractivity contribution in [2.75, 3.05) is 13.2 Å². The van der Waals surface area contributed by atoms with Crippen molar-refractivity contribution in [3.63, 3.8) is 0 Å². The third-order valence-electron chi connectivity index (χ3n) is 5.62. The van der Waals surface area contributed by atoms with Crippen LogP contribution in [0.2, 0.25) is 0 Å². The third-order valence-corrected chi connectivity index (χ3v) is 5.62. The normalized spacial score (nSPS) is 38.6. The summed E-state index contributed by atoms with van der Waals surface area (Å²) in [6, 6.07) is 2.19. The lowest BCUT2D eigenvalue weighted by molar-refractivity contribution is -0.222. The van der Waals surface area contributed by atoms with Crippen LogP contribution in [0, 0.1) is 28.1 Å². The SMILES string of the molecule is CC1(C)C(O)=C(C#N)C[C@]2(C)CC3(CC[C@@H]12)OCCO3. The predicted octanol–water partition coefficient (Wildman–Crippen LogP) is 3.30. The van der Waals surface area contributed by atoms with E-state index in [-0.39, 0.29) is 16.6 Å². The van der Waals surface area contributed by atoms with Crippen LogP contribution in [0.1, 0.15) is 46.5 Å². The molecule has 1 saturated heterocycles. The van der Waals surface area contributed by atoms with Gasteiger partial charge in [-0.25, -0.2) is 0 Å². The largest absolute Gasteiger partial charge is 0.511 e. The zero-order valence-electron chi connectivity index (χ0n) is 12.5. The van der Waals surface area contributed by atoms with Crippen molar-refractivity contribution in [2.24, 2.45) is 16.7 Å². The molecule has 0 radical (unpaired) electrons. The molecule has 1 aliphatic heterocycles. The van der Waals surface area contributed by atoms with Crippen molar-refractivity contribution in [1.82, 2.24) is 0 Å². The van der Waals surface area contributed by atoms with Gasteiger partial charge < -0.3 is 14.6 Å². The number of allylic oxidation sites excluding steroid dienone is 2. The fraction of sp³-hybridized carbons (Fsp3) is 0.812. The minimum atomic E-state index is -0.450. The Morgan fingerprint density at radius 2 is 1.90 bits per heavy atom. The van der Waals surface area contributed by atoms with E-state index in [1.165, 1.54) is 0 Å². The zero-order valence-corrected chi connectivity index (χ0v) is 12.5. The molecule has 110 valence electrons. The van der Waals surface area contributed by atoms with E-state index in [1.807, 2.05) is 0 Å². The highest BCUT2D eigenvalue weighted by Crippen LogP contribution is 2.61. The molecule has 2 aliphatic carbocycles. The number of nitrogens with zero attached hydrogens (tertiary/aromatic N) is 1. The van der Waals surface area contributed by atoms with Crippen LogP contribution in [0.5, 0.6) is 0 Å². The Morgan fingerprint density at radius 3 is 2.50 bits per heavy atom. The van der Waals surface area contributed by atoms with E-state index in [4.69, 9.17) is 9.47 Å². The first-order valence-electron chi connectivity index (χ1n) is 7.44. The molecule has 1 heterocycles. The van der Waals surface area contributed by atoms with Gasteiger partial charge in [0, 0.05) is 18.3 Å². The molecule has 4 heteroatoms. The third kappa shape index (κ3) is 1.80. The second-order valence-corrected chi connectivity index (χ2v) is 7.37. The summed E-state index contributed by atoms with van der Waals surface area (Å²) < 4.78 is 11.8. The molecule has 0 aromatic rings. The van der Waals surface area contributed by atoms with E-state index in [9.17, 15) is 10.4 Å². The van der Waals surface area contributed by atoms with Gasteiger partial charge in [0.2, 0.25) is 0 Å². The summed E-state index contributed by atoms with van der Waals surface area (Å²) in [6.45, 7) is 7.65. The molecule has 0 aromatic heterocycles. The van der Waals surface area contributed by atoms with Gasteiger partial charge in [-0.15, -0.1) is 0 Å². The second kappa shape index (κ2) is 4.22. The molecule has 4 nitrogen and oxygen atoms in total. The van der Waals surface area contributed by atoms with E-state index < -0.39 is 5.79 Å². The molecule has 1 N–H and O–H groups in total. The number of rotatable bonds is 0. The van der Waals surface area contributed by atoms with Gasteiger partial charge in [0.25, 0.3) is 0 Å². The summed E-state index contributed by atoms with van der Waals surface area (Å²) in [7, 11) is 0. The Balaban J connectivity index is 1.99. The molecular weight excluding hydrogens is 254 g/mol. The maximum absolute atomic E-state index is 10.4. The highest BCUT2D eigenvalue weighted by Gasteiger charge is 2.58. The van der Waals surface area contributed by atoms with Gasteiger partial charge in [-0.3, -0.25) is 0 Å². The molecule has 1 saturated carbocycles. The average Bonchev–Trinajstić information content (AvgIpc) is 2.81. The van der Waals surface area contributed by atoms with Crippen molar-refractivity contribution in [3.8, 4) is 6.07 Å². The summed E-state index contributed by atoms with van der Waals surface area (Å²) in [5.74, 6) is 0.187. The Labute approximate surface area is 120 Å². The molecule has 20 heavy (non-hydrogen) atoms. The summed E-state index contributed by atoms with van der Waals surface area (Å²) in [6.07, 6.45) is 3.28. The summed E-state index contributed by atoms with van der Waals surface area (Å²) >= 11 is 0. The van der Waals surface area contributed by atoms with Gasteiger partial charge in [0.15, 0.2) is 5.79 Å². The van der Waals surface area contributed by atoms with Crippen molar-refractivity contribution < 1.29 is 14.6 Å². The van der Waals surface area contributed by atoms with Gasteiger partial charge in [0.1, 0.15) is 5.76 Å². The van der Waals surface area contributed by atoms with E-state index >= 15 is 0 Å². The first-order valence-corrected chi connectivity index (χ1v) is 7.44. The molecule has 3 rings (SSSR count). The number of nitriles is 1. The van der Waals surface area contributed by atoms with E-state index in [0.717, 1.165) is 19.3 Å². The molecular formula is C16H23NO3. The summed E-state index contributed by atoms with van der Waals surface area (Å²) in [4.78, 5) is 0. The fourth-order valence-corrected chi connectivity index (χ4v) is 4.83. The quantitative estimate of drug-likeness (QED) is 0.738. The van der Waals surface area contributed by atoms with Crippen LogP contribution in [0.25, 0.3) is 0 Å². The van der Waals surface area contributed by atoms with Gasteiger partial charge in [0.05, 0.1) is 24.9 Å². The molecule has 0 aromatic carbocycles. The second-order valence-electron chi connectivity index (χ2n) is 7.37. The molecule has 1 spiro atoms. The number of hydrogen-bond acceptors (Lipinski definition) is 4. The number of fused-ring (bicyclic) bond motifs is 1. The van der Waals surface area contributed by atoms with Crippen molar-refractivity contribution in [1.29, 1.82) is 5.26 Å². The standard InChI is InChI=1S/C16H23NO3/c1-14(2)12-4-5-16(19-6-7-20-16)10-15(12,3)8-11(9-17)13(14)18/h12,18H,4-8,10H2,1-3H3/t12-,15+/m0/s1. The van der Waals surface area contributed by atoms with Crippen LogP contribution in [0.3, 0.4) is 0 Å². The number of hydrogen-bond donors (Lipinski definition) is 1. The smallest absolute Gasteiger partial charge is 0.169 e. The maximum Gasteiger partial charge on any atom is 0.169 e. The lowest BCUT2D eigenvalue weighted by atomic mass is 9.51. The molecule has 0 bridgehead atoms. The monoisotopic (exact) mass is 277 g/mol. The first-order chi connectivity index (χ1) is 9.33. The van der Waals surface area contributed by atoms with Crippen LogP contribution < -0.4 is 0 Å². The predicted molar refractivity (Wildman–Crippen MR) is 73.7 cm³/mol. The molecule has 0 unspecified atom stereocenters. The number of aliphatic hydroxyl groups excluding tert-OH is 1. The first kappa shape index (κ1) is 13.9. The topological polar surface area (TPSA) is 62.5 Å². The van der Waals surface area contributed by atoms with Crippen LogP contribution in [-0.4, -0.2) is 24.1 Å². The highest BCUT2D eigenvalue weighted by atomic mass is 16.7. The van der Waals surface area contributed by atoms with Gasteiger partial charge in [-0.1, -0.05) is 20.8 Å². The lowest BCUT2D eigenvalue weighted by Gasteiger charge is -2.56. The molecule has 0 amide bonds. The van der Waals surface area contributed by atoms with E-state index in [1.54, 1.807) is 0 Å². The Bertz CT molecular complexity index is 496. The van der Waals surface area contributed by atoms with Crippen molar-refractivity contribution in [3.05, 3.63) is 11.3 Å². The van der Waals surface area contributed by atoms with Crippen LogP contribution in [0.15, 0.2) is 11.3 Å². The molecule has 3 aliphatic rings. The Kier molecular flexibility index (Phi) is 2.94. The average molecular weight is 277 g/mol. The van der Waals surface area contributed by atoms with Crippen molar-refractivity contribution in [2.45, 2.75) is 52.2 Å². The zero-order chi connectivity index (χ0) is 14.6. The molecule has 2 atom stereocenters. The van der Waals surface area contributed by atoms with Crippen LogP contribution in [-0.2, 0) is 9.47 Å². The lowest BCUT2D eigenvalue weighted by Crippen LogP contribution is -2.52.